The monoisotopic (exact) mass is 238 g/mol. The molecule has 0 spiro atoms. The van der Waals surface area contributed by atoms with E-state index < -0.39 is 17.6 Å². The number of amides is 1. The van der Waals surface area contributed by atoms with Crippen molar-refractivity contribution >= 4 is 5.91 Å². The van der Waals surface area contributed by atoms with Crippen LogP contribution in [-0.2, 0) is 4.79 Å². The van der Waals surface area contributed by atoms with E-state index in [4.69, 9.17) is 0 Å². The minimum atomic E-state index is -4.33. The summed E-state index contributed by atoms with van der Waals surface area (Å²) < 4.78 is 37.4. The molecule has 1 amide bonds. The largest absolute Gasteiger partial charge is 0.411 e. The number of halogens is 3. The van der Waals surface area contributed by atoms with Gasteiger partial charge >= 0.3 is 6.18 Å². The Morgan fingerprint density at radius 3 is 2.31 bits per heavy atom. The Labute approximate surface area is 92.8 Å². The van der Waals surface area contributed by atoms with Crippen LogP contribution in [0.15, 0.2) is 0 Å². The average Bonchev–Trinajstić information content (AvgIpc) is 2.83. The van der Waals surface area contributed by atoms with Crippen molar-refractivity contribution < 1.29 is 18.0 Å². The lowest BCUT2D eigenvalue weighted by molar-refractivity contribution is -0.170. The van der Waals surface area contributed by atoms with Crippen molar-refractivity contribution in [2.24, 2.45) is 0 Å². The summed E-state index contributed by atoms with van der Waals surface area (Å²) in [7, 11) is 0. The zero-order chi connectivity index (χ0) is 12.4. The first-order valence-electron chi connectivity index (χ1n) is 5.38. The highest BCUT2D eigenvalue weighted by Gasteiger charge is 2.64. The molecule has 1 saturated carbocycles. The van der Waals surface area contributed by atoms with Crippen LogP contribution in [0.4, 0.5) is 13.2 Å². The van der Waals surface area contributed by atoms with E-state index in [0.29, 0.717) is 6.54 Å². The maximum Gasteiger partial charge on any atom is 0.411 e. The number of hydrogen-bond acceptors (Lipinski definition) is 2. The molecular formula is C10H17F3N2O. The summed E-state index contributed by atoms with van der Waals surface area (Å²) in [5, 5.41) is 5.06. The van der Waals surface area contributed by atoms with Crippen molar-refractivity contribution in [2.45, 2.75) is 50.9 Å². The second-order valence-corrected chi connectivity index (χ2v) is 4.49. The predicted molar refractivity (Wildman–Crippen MR) is 53.9 cm³/mol. The second kappa shape index (κ2) is 4.61. The molecule has 0 bridgehead atoms. The molecule has 94 valence electrons. The van der Waals surface area contributed by atoms with Crippen molar-refractivity contribution in [3.8, 4) is 0 Å². The first-order valence-corrected chi connectivity index (χ1v) is 5.38. The van der Waals surface area contributed by atoms with Crippen molar-refractivity contribution in [1.82, 2.24) is 10.6 Å². The standard InChI is InChI=1S/C10H17F3N2O/c1-7(2)14-6-3-8(16)15-9(4-5-9)10(11,12)13/h7,14H,3-6H2,1-2H3,(H,15,16). The quantitative estimate of drug-likeness (QED) is 0.763. The van der Waals surface area contributed by atoms with Gasteiger partial charge in [-0.25, -0.2) is 0 Å². The Balaban J connectivity index is 2.30. The van der Waals surface area contributed by atoms with Crippen molar-refractivity contribution in [2.75, 3.05) is 6.54 Å². The van der Waals surface area contributed by atoms with Gasteiger partial charge in [-0.05, 0) is 12.8 Å². The average molecular weight is 238 g/mol. The molecule has 1 aliphatic rings. The third kappa shape index (κ3) is 3.37. The van der Waals surface area contributed by atoms with Gasteiger partial charge in [0.05, 0.1) is 0 Å². The van der Waals surface area contributed by atoms with E-state index in [1.165, 1.54) is 0 Å². The molecule has 0 radical (unpaired) electrons. The Morgan fingerprint density at radius 1 is 1.38 bits per heavy atom. The van der Waals surface area contributed by atoms with E-state index in [1.54, 1.807) is 0 Å². The summed E-state index contributed by atoms with van der Waals surface area (Å²) in [6, 6.07) is 0.227. The highest BCUT2D eigenvalue weighted by Crippen LogP contribution is 2.48. The van der Waals surface area contributed by atoms with Gasteiger partial charge in [0.15, 0.2) is 0 Å². The molecule has 6 heteroatoms. The van der Waals surface area contributed by atoms with Gasteiger partial charge in [0.1, 0.15) is 5.54 Å². The zero-order valence-corrected chi connectivity index (χ0v) is 9.45. The lowest BCUT2D eigenvalue weighted by Gasteiger charge is -2.20. The van der Waals surface area contributed by atoms with Crippen LogP contribution in [0.3, 0.4) is 0 Å². The van der Waals surface area contributed by atoms with E-state index in [1.807, 2.05) is 13.8 Å². The van der Waals surface area contributed by atoms with Crippen LogP contribution >= 0.6 is 0 Å². The molecule has 0 aromatic rings. The molecule has 16 heavy (non-hydrogen) atoms. The number of rotatable bonds is 5. The number of nitrogens with one attached hydrogen (secondary N) is 2. The van der Waals surface area contributed by atoms with Gasteiger partial charge in [-0.3, -0.25) is 4.79 Å². The second-order valence-electron chi connectivity index (χ2n) is 4.49. The summed E-state index contributed by atoms with van der Waals surface area (Å²) in [4.78, 5) is 11.3. The molecule has 0 heterocycles. The summed E-state index contributed by atoms with van der Waals surface area (Å²) in [6.45, 7) is 4.23. The highest BCUT2D eigenvalue weighted by atomic mass is 19.4. The molecule has 1 fully saturated rings. The minimum absolute atomic E-state index is 0.000150. The van der Waals surface area contributed by atoms with Gasteiger partial charge in [0.2, 0.25) is 5.91 Å². The number of hydrogen-bond donors (Lipinski definition) is 2. The molecule has 0 aromatic carbocycles. The van der Waals surface area contributed by atoms with Gasteiger partial charge < -0.3 is 10.6 Å². The molecule has 0 saturated heterocycles. The van der Waals surface area contributed by atoms with Crippen LogP contribution in [0, 0.1) is 0 Å². The molecule has 0 unspecified atom stereocenters. The van der Waals surface area contributed by atoms with Crippen LogP contribution in [-0.4, -0.2) is 30.2 Å². The van der Waals surface area contributed by atoms with Crippen LogP contribution in [0.5, 0.6) is 0 Å². The number of carbonyl (C=O) groups excluding carboxylic acids is 1. The van der Waals surface area contributed by atoms with Crippen molar-refractivity contribution in [3.63, 3.8) is 0 Å². The minimum Gasteiger partial charge on any atom is -0.342 e. The molecule has 1 rings (SSSR count). The molecule has 0 atom stereocenters. The molecule has 0 aromatic heterocycles. The fourth-order valence-electron chi connectivity index (χ4n) is 1.41. The molecular weight excluding hydrogens is 221 g/mol. The normalized spacial score (nSPS) is 18.6. The van der Waals surface area contributed by atoms with Gasteiger partial charge in [-0.1, -0.05) is 13.8 Å². The maximum absolute atomic E-state index is 12.5. The predicted octanol–water partition coefficient (Wildman–Crippen LogP) is 1.59. The lowest BCUT2D eigenvalue weighted by Crippen LogP contribution is -2.48. The van der Waals surface area contributed by atoms with Crippen molar-refractivity contribution in [1.29, 1.82) is 0 Å². The summed E-state index contributed by atoms with van der Waals surface area (Å²) in [5.41, 5.74) is -1.93. The lowest BCUT2D eigenvalue weighted by atomic mass is 10.2. The highest BCUT2D eigenvalue weighted by molar-refractivity contribution is 5.77. The Bertz CT molecular complexity index is 259. The smallest absolute Gasteiger partial charge is 0.342 e. The fourth-order valence-corrected chi connectivity index (χ4v) is 1.41. The van der Waals surface area contributed by atoms with Crippen LogP contribution in [0.1, 0.15) is 33.1 Å². The van der Waals surface area contributed by atoms with Crippen molar-refractivity contribution in [3.05, 3.63) is 0 Å². The third-order valence-electron chi connectivity index (χ3n) is 2.58. The third-order valence-corrected chi connectivity index (χ3v) is 2.58. The van der Waals surface area contributed by atoms with Crippen LogP contribution in [0.25, 0.3) is 0 Å². The first kappa shape index (κ1) is 13.3. The Hall–Kier alpha value is -0.780. The SMILES string of the molecule is CC(C)NCCC(=O)NC1(C(F)(F)F)CC1. The van der Waals surface area contributed by atoms with E-state index in [-0.39, 0.29) is 25.3 Å². The zero-order valence-electron chi connectivity index (χ0n) is 9.45. The van der Waals surface area contributed by atoms with Gasteiger partial charge in [0, 0.05) is 19.0 Å². The maximum atomic E-state index is 12.5. The molecule has 3 nitrogen and oxygen atoms in total. The van der Waals surface area contributed by atoms with Gasteiger partial charge in [0.25, 0.3) is 0 Å². The van der Waals surface area contributed by atoms with E-state index in [0.717, 1.165) is 0 Å². The summed E-state index contributed by atoms with van der Waals surface area (Å²) in [6.07, 6.45) is -4.25. The van der Waals surface area contributed by atoms with Crippen LogP contribution < -0.4 is 10.6 Å². The first-order chi connectivity index (χ1) is 7.27. The Morgan fingerprint density at radius 2 is 1.94 bits per heavy atom. The van der Waals surface area contributed by atoms with Gasteiger partial charge in [-0.2, -0.15) is 13.2 Å². The molecule has 2 N–H and O–H groups in total. The Kier molecular flexibility index (Phi) is 3.83. The summed E-state index contributed by atoms with van der Waals surface area (Å²) in [5.74, 6) is -0.539. The number of carbonyl (C=O) groups is 1. The van der Waals surface area contributed by atoms with E-state index >= 15 is 0 Å². The molecule has 0 aliphatic heterocycles. The molecule has 1 aliphatic carbocycles. The van der Waals surface area contributed by atoms with Crippen LogP contribution in [0.2, 0.25) is 0 Å². The van der Waals surface area contributed by atoms with Gasteiger partial charge in [-0.15, -0.1) is 0 Å². The topological polar surface area (TPSA) is 41.1 Å². The van der Waals surface area contributed by atoms with E-state index in [9.17, 15) is 18.0 Å². The van der Waals surface area contributed by atoms with E-state index in [2.05, 4.69) is 10.6 Å². The number of alkyl halides is 3. The summed E-state index contributed by atoms with van der Waals surface area (Å²) >= 11 is 0. The fraction of sp³-hybridized carbons (Fsp3) is 0.900.